The number of benzene rings is 1. The Morgan fingerprint density at radius 2 is 2.07 bits per heavy atom. The fourth-order valence-electron chi connectivity index (χ4n) is 1.12. The lowest BCUT2D eigenvalue weighted by Gasteiger charge is -2.07. The number of para-hydroxylation sites is 1. The van der Waals surface area contributed by atoms with Gasteiger partial charge in [0, 0.05) is 10.6 Å². The molecular formula is C11H16O3S. The number of aliphatic hydroxyl groups excluding tert-OH is 1. The van der Waals surface area contributed by atoms with Crippen molar-refractivity contribution in [2.45, 2.75) is 4.90 Å². The van der Waals surface area contributed by atoms with Crippen LogP contribution in [0.1, 0.15) is 0 Å². The first-order valence-electron chi connectivity index (χ1n) is 4.83. The lowest BCUT2D eigenvalue weighted by Crippen LogP contribution is -2.02. The summed E-state index contributed by atoms with van der Waals surface area (Å²) >= 11 is 1.69. The molecule has 0 aromatic heterocycles. The SMILES string of the molecule is COc1ccccc1SCCOCCO. The zero-order valence-electron chi connectivity index (χ0n) is 8.81. The minimum Gasteiger partial charge on any atom is -0.496 e. The third-order valence-corrected chi connectivity index (χ3v) is 2.81. The predicted molar refractivity (Wildman–Crippen MR) is 61.6 cm³/mol. The van der Waals surface area contributed by atoms with E-state index < -0.39 is 0 Å². The normalized spacial score (nSPS) is 10.3. The smallest absolute Gasteiger partial charge is 0.132 e. The second-order valence-corrected chi connectivity index (χ2v) is 3.97. The van der Waals surface area contributed by atoms with Crippen LogP contribution in [0, 0.1) is 0 Å². The topological polar surface area (TPSA) is 38.7 Å². The van der Waals surface area contributed by atoms with Crippen molar-refractivity contribution in [1.29, 1.82) is 0 Å². The molecule has 0 amide bonds. The van der Waals surface area contributed by atoms with Gasteiger partial charge in [-0.2, -0.15) is 0 Å². The average molecular weight is 228 g/mol. The van der Waals surface area contributed by atoms with E-state index in [1.54, 1.807) is 18.9 Å². The van der Waals surface area contributed by atoms with Gasteiger partial charge >= 0.3 is 0 Å². The Labute approximate surface area is 94.4 Å². The molecule has 0 aliphatic heterocycles. The second-order valence-electron chi connectivity index (χ2n) is 2.84. The van der Waals surface area contributed by atoms with Gasteiger partial charge in [0.25, 0.3) is 0 Å². The van der Waals surface area contributed by atoms with Gasteiger partial charge in [-0.25, -0.2) is 0 Å². The Balaban J connectivity index is 2.30. The Hall–Kier alpha value is -0.710. The highest BCUT2D eigenvalue weighted by Gasteiger charge is 2.01. The summed E-state index contributed by atoms with van der Waals surface area (Å²) in [5, 5.41) is 8.51. The molecule has 0 aliphatic rings. The minimum atomic E-state index is 0.0827. The molecule has 1 aromatic carbocycles. The third-order valence-electron chi connectivity index (χ3n) is 1.79. The molecule has 0 heterocycles. The molecule has 15 heavy (non-hydrogen) atoms. The molecule has 1 aromatic rings. The lowest BCUT2D eigenvalue weighted by atomic mass is 10.3. The van der Waals surface area contributed by atoms with E-state index in [9.17, 15) is 0 Å². The van der Waals surface area contributed by atoms with Crippen LogP contribution >= 0.6 is 11.8 Å². The fraction of sp³-hybridized carbons (Fsp3) is 0.455. The number of hydrogen-bond donors (Lipinski definition) is 1. The first-order valence-corrected chi connectivity index (χ1v) is 5.81. The standard InChI is InChI=1S/C11H16O3S/c1-13-10-4-2-3-5-11(10)15-9-8-14-7-6-12/h2-5,12H,6-9H2,1H3. The fourth-order valence-corrected chi connectivity index (χ4v) is 2.00. The van der Waals surface area contributed by atoms with Crippen molar-refractivity contribution < 1.29 is 14.6 Å². The van der Waals surface area contributed by atoms with Crippen molar-refractivity contribution in [3.05, 3.63) is 24.3 Å². The van der Waals surface area contributed by atoms with Crippen LogP contribution in [-0.2, 0) is 4.74 Å². The van der Waals surface area contributed by atoms with Crippen molar-refractivity contribution >= 4 is 11.8 Å². The van der Waals surface area contributed by atoms with E-state index in [0.717, 1.165) is 16.4 Å². The summed E-state index contributed by atoms with van der Waals surface area (Å²) in [4.78, 5) is 1.12. The third kappa shape index (κ3) is 4.55. The highest BCUT2D eigenvalue weighted by molar-refractivity contribution is 7.99. The van der Waals surface area contributed by atoms with Crippen molar-refractivity contribution in [2.24, 2.45) is 0 Å². The van der Waals surface area contributed by atoms with Gasteiger partial charge in [0.15, 0.2) is 0 Å². The number of hydrogen-bond acceptors (Lipinski definition) is 4. The van der Waals surface area contributed by atoms with Crippen molar-refractivity contribution in [1.82, 2.24) is 0 Å². The minimum absolute atomic E-state index is 0.0827. The van der Waals surface area contributed by atoms with Crippen molar-refractivity contribution in [3.8, 4) is 5.75 Å². The summed E-state index contributed by atoms with van der Waals surface area (Å²) in [6.45, 7) is 1.13. The zero-order valence-corrected chi connectivity index (χ0v) is 9.63. The summed E-state index contributed by atoms with van der Waals surface area (Å²) in [6, 6.07) is 7.90. The maximum Gasteiger partial charge on any atom is 0.132 e. The van der Waals surface area contributed by atoms with Crippen LogP contribution in [0.2, 0.25) is 0 Å². The molecule has 4 heteroatoms. The van der Waals surface area contributed by atoms with Gasteiger partial charge in [-0.15, -0.1) is 11.8 Å². The molecule has 0 spiro atoms. The van der Waals surface area contributed by atoms with Crippen LogP contribution in [0.4, 0.5) is 0 Å². The predicted octanol–water partition coefficient (Wildman–Crippen LogP) is 1.80. The summed E-state index contributed by atoms with van der Waals surface area (Å²) in [5.41, 5.74) is 0. The Morgan fingerprint density at radius 1 is 1.27 bits per heavy atom. The Kier molecular flexibility index (Phi) is 6.23. The highest BCUT2D eigenvalue weighted by Crippen LogP contribution is 2.28. The molecule has 1 rings (SSSR count). The van der Waals surface area contributed by atoms with Gasteiger partial charge in [-0.1, -0.05) is 12.1 Å². The first-order chi connectivity index (χ1) is 7.38. The van der Waals surface area contributed by atoms with E-state index in [4.69, 9.17) is 14.6 Å². The quantitative estimate of drug-likeness (QED) is 0.570. The van der Waals surface area contributed by atoms with Crippen LogP contribution in [0.5, 0.6) is 5.75 Å². The monoisotopic (exact) mass is 228 g/mol. The molecule has 0 bridgehead atoms. The van der Waals surface area contributed by atoms with Gasteiger partial charge in [0.2, 0.25) is 0 Å². The van der Waals surface area contributed by atoms with E-state index >= 15 is 0 Å². The van der Waals surface area contributed by atoms with Gasteiger partial charge in [0.05, 0.1) is 26.9 Å². The molecule has 0 unspecified atom stereocenters. The van der Waals surface area contributed by atoms with E-state index in [1.165, 1.54) is 0 Å². The Bertz CT molecular complexity index is 278. The van der Waals surface area contributed by atoms with E-state index in [-0.39, 0.29) is 6.61 Å². The van der Waals surface area contributed by atoms with Crippen LogP contribution < -0.4 is 4.74 Å². The molecule has 0 saturated carbocycles. The second kappa shape index (κ2) is 7.56. The molecular weight excluding hydrogens is 212 g/mol. The molecule has 0 saturated heterocycles. The first kappa shape index (κ1) is 12.4. The van der Waals surface area contributed by atoms with Crippen LogP contribution in [0.25, 0.3) is 0 Å². The Morgan fingerprint density at radius 3 is 2.80 bits per heavy atom. The zero-order chi connectivity index (χ0) is 10.9. The number of rotatable bonds is 7. The molecule has 0 radical (unpaired) electrons. The van der Waals surface area contributed by atoms with Crippen LogP contribution in [0.15, 0.2) is 29.2 Å². The summed E-state index contributed by atoms with van der Waals surface area (Å²) < 4.78 is 10.4. The summed E-state index contributed by atoms with van der Waals surface area (Å²) in [7, 11) is 1.67. The van der Waals surface area contributed by atoms with E-state index in [1.807, 2.05) is 24.3 Å². The van der Waals surface area contributed by atoms with Gasteiger partial charge in [-0.05, 0) is 12.1 Å². The van der Waals surface area contributed by atoms with Crippen LogP contribution in [0.3, 0.4) is 0 Å². The lowest BCUT2D eigenvalue weighted by molar-refractivity contribution is 0.103. The van der Waals surface area contributed by atoms with Gasteiger partial charge < -0.3 is 14.6 Å². The number of ether oxygens (including phenoxy) is 2. The molecule has 3 nitrogen and oxygen atoms in total. The van der Waals surface area contributed by atoms with E-state index in [0.29, 0.717) is 13.2 Å². The van der Waals surface area contributed by atoms with Crippen LogP contribution in [-0.4, -0.2) is 37.8 Å². The molecule has 0 fully saturated rings. The van der Waals surface area contributed by atoms with Crippen molar-refractivity contribution in [3.63, 3.8) is 0 Å². The number of aliphatic hydroxyl groups is 1. The maximum absolute atomic E-state index is 8.51. The molecule has 0 aliphatic carbocycles. The highest BCUT2D eigenvalue weighted by atomic mass is 32.2. The molecule has 84 valence electrons. The largest absolute Gasteiger partial charge is 0.496 e. The van der Waals surface area contributed by atoms with Crippen molar-refractivity contribution in [2.75, 3.05) is 32.7 Å². The van der Waals surface area contributed by atoms with E-state index in [2.05, 4.69) is 0 Å². The number of thioether (sulfide) groups is 1. The summed E-state index contributed by atoms with van der Waals surface area (Å²) in [6.07, 6.45) is 0. The van der Waals surface area contributed by atoms with Gasteiger partial charge in [-0.3, -0.25) is 0 Å². The maximum atomic E-state index is 8.51. The van der Waals surface area contributed by atoms with Gasteiger partial charge in [0.1, 0.15) is 5.75 Å². The molecule has 1 N–H and O–H groups in total. The number of methoxy groups -OCH3 is 1. The average Bonchev–Trinajstić information content (AvgIpc) is 2.29. The molecule has 0 atom stereocenters. The summed E-state index contributed by atoms with van der Waals surface area (Å²) in [5.74, 6) is 1.75.